The molecular weight excluding hydrogens is 250 g/mol. The molecule has 0 saturated carbocycles. The highest BCUT2D eigenvalue weighted by molar-refractivity contribution is 7.99. The van der Waals surface area contributed by atoms with Crippen molar-refractivity contribution in [2.24, 2.45) is 5.41 Å². The maximum atomic E-state index is 12.0. The Morgan fingerprint density at radius 2 is 2.28 bits per heavy atom. The fourth-order valence-corrected chi connectivity index (χ4v) is 4.14. The zero-order valence-corrected chi connectivity index (χ0v) is 11.7. The molecule has 2 aliphatic rings. The lowest BCUT2D eigenvalue weighted by Crippen LogP contribution is -2.38. The van der Waals surface area contributed by atoms with Crippen LogP contribution in [0.25, 0.3) is 0 Å². The standard InChI is InChI=1S/C13H21NO3S/c1-3-6-17-12(15)14-10-13(9-11(14)16-2)4-7-18-8-5-13/h3,11H,1,4-10H2,2H3. The summed E-state index contributed by atoms with van der Waals surface area (Å²) in [7, 11) is 1.66. The van der Waals surface area contributed by atoms with Gasteiger partial charge in [-0.1, -0.05) is 12.7 Å². The van der Waals surface area contributed by atoms with Crippen LogP contribution in [0.4, 0.5) is 4.79 Å². The molecule has 1 atom stereocenters. The van der Waals surface area contributed by atoms with Gasteiger partial charge in [0.25, 0.3) is 0 Å². The van der Waals surface area contributed by atoms with Gasteiger partial charge in [0.15, 0.2) is 0 Å². The monoisotopic (exact) mass is 271 g/mol. The van der Waals surface area contributed by atoms with E-state index in [0.29, 0.717) is 0 Å². The summed E-state index contributed by atoms with van der Waals surface area (Å²) in [4.78, 5) is 13.7. The number of likely N-dealkylation sites (tertiary alicyclic amines) is 1. The lowest BCUT2D eigenvalue weighted by atomic mass is 9.81. The fraction of sp³-hybridized carbons (Fsp3) is 0.769. The third kappa shape index (κ3) is 2.83. The number of hydrogen-bond acceptors (Lipinski definition) is 4. The quantitative estimate of drug-likeness (QED) is 0.739. The average molecular weight is 271 g/mol. The van der Waals surface area contributed by atoms with Gasteiger partial charge >= 0.3 is 6.09 Å². The molecule has 0 bridgehead atoms. The first-order valence-electron chi connectivity index (χ1n) is 6.36. The predicted molar refractivity (Wildman–Crippen MR) is 72.7 cm³/mol. The van der Waals surface area contributed by atoms with Crippen molar-refractivity contribution in [3.8, 4) is 0 Å². The summed E-state index contributed by atoms with van der Waals surface area (Å²) in [5.41, 5.74) is 0.249. The topological polar surface area (TPSA) is 38.8 Å². The van der Waals surface area contributed by atoms with Crippen molar-refractivity contribution in [1.82, 2.24) is 4.90 Å². The first-order chi connectivity index (χ1) is 8.71. The van der Waals surface area contributed by atoms with Crippen LogP contribution in [0.1, 0.15) is 19.3 Å². The summed E-state index contributed by atoms with van der Waals surface area (Å²) in [6, 6.07) is 0. The molecule has 2 saturated heterocycles. The zero-order valence-electron chi connectivity index (χ0n) is 10.9. The minimum Gasteiger partial charge on any atom is -0.445 e. The van der Waals surface area contributed by atoms with Gasteiger partial charge in [0.2, 0.25) is 0 Å². The summed E-state index contributed by atoms with van der Waals surface area (Å²) in [5.74, 6) is 2.37. The Balaban J connectivity index is 2.01. The first-order valence-corrected chi connectivity index (χ1v) is 7.51. The van der Waals surface area contributed by atoms with Gasteiger partial charge < -0.3 is 9.47 Å². The van der Waals surface area contributed by atoms with E-state index in [1.807, 2.05) is 11.8 Å². The number of thioether (sulfide) groups is 1. The molecule has 102 valence electrons. The molecule has 1 amide bonds. The second kappa shape index (κ2) is 5.97. The SMILES string of the molecule is C=CCOC(=O)N1CC2(CCSCC2)CC1OC. The van der Waals surface area contributed by atoms with Gasteiger partial charge in [0.1, 0.15) is 12.8 Å². The van der Waals surface area contributed by atoms with Crippen LogP contribution in [-0.2, 0) is 9.47 Å². The molecule has 18 heavy (non-hydrogen) atoms. The van der Waals surface area contributed by atoms with E-state index in [1.54, 1.807) is 18.1 Å². The normalized spacial score (nSPS) is 26.3. The third-order valence-corrected chi connectivity index (χ3v) is 4.83. The number of carbonyl (C=O) groups excluding carboxylic acids is 1. The molecule has 2 heterocycles. The molecule has 2 fully saturated rings. The second-order valence-corrected chi connectivity index (χ2v) is 6.23. The lowest BCUT2D eigenvalue weighted by molar-refractivity contribution is -0.00385. The van der Waals surface area contributed by atoms with E-state index in [9.17, 15) is 4.79 Å². The number of methoxy groups -OCH3 is 1. The fourth-order valence-electron chi connectivity index (χ4n) is 2.78. The largest absolute Gasteiger partial charge is 0.445 e. The van der Waals surface area contributed by atoms with Crippen molar-refractivity contribution in [1.29, 1.82) is 0 Å². The highest BCUT2D eigenvalue weighted by Crippen LogP contribution is 2.45. The summed E-state index contributed by atoms with van der Waals surface area (Å²) in [6.45, 7) is 4.58. The third-order valence-electron chi connectivity index (χ3n) is 3.85. The van der Waals surface area contributed by atoms with E-state index in [4.69, 9.17) is 9.47 Å². The maximum absolute atomic E-state index is 12.0. The Kier molecular flexibility index (Phi) is 4.56. The van der Waals surface area contributed by atoms with E-state index in [2.05, 4.69) is 6.58 Å². The maximum Gasteiger partial charge on any atom is 0.412 e. The smallest absolute Gasteiger partial charge is 0.412 e. The second-order valence-electron chi connectivity index (χ2n) is 5.00. The van der Waals surface area contributed by atoms with Gasteiger partial charge in [-0.25, -0.2) is 4.79 Å². The molecule has 2 aliphatic heterocycles. The summed E-state index contributed by atoms with van der Waals surface area (Å²) >= 11 is 2.00. The molecule has 0 aliphatic carbocycles. The van der Waals surface area contributed by atoms with Gasteiger partial charge in [0, 0.05) is 13.7 Å². The Bertz CT molecular complexity index is 315. The van der Waals surface area contributed by atoms with Gasteiger partial charge in [-0.05, 0) is 36.2 Å². The number of rotatable bonds is 3. The summed E-state index contributed by atoms with van der Waals surface area (Å²) in [6.07, 6.45) is 4.45. The first kappa shape index (κ1) is 13.7. The number of amides is 1. The number of nitrogens with zero attached hydrogens (tertiary/aromatic N) is 1. The molecule has 0 aromatic heterocycles. The highest BCUT2D eigenvalue weighted by Gasteiger charge is 2.47. The Labute approximate surface area is 113 Å². The average Bonchev–Trinajstić information content (AvgIpc) is 2.75. The van der Waals surface area contributed by atoms with Crippen LogP contribution in [0.5, 0.6) is 0 Å². The Morgan fingerprint density at radius 1 is 1.56 bits per heavy atom. The predicted octanol–water partition coefficient (Wildman–Crippen LogP) is 2.50. The highest BCUT2D eigenvalue weighted by atomic mass is 32.2. The van der Waals surface area contributed by atoms with Gasteiger partial charge in [-0.15, -0.1) is 0 Å². The summed E-state index contributed by atoms with van der Waals surface area (Å²) in [5, 5.41) is 0. The van der Waals surface area contributed by atoms with Crippen LogP contribution in [-0.4, -0.2) is 49.0 Å². The summed E-state index contributed by atoms with van der Waals surface area (Å²) < 4.78 is 10.6. The molecular formula is C13H21NO3S. The Morgan fingerprint density at radius 3 is 2.89 bits per heavy atom. The minimum absolute atomic E-state index is 0.134. The molecule has 0 radical (unpaired) electrons. The molecule has 4 nitrogen and oxygen atoms in total. The van der Waals surface area contributed by atoms with E-state index < -0.39 is 0 Å². The van der Waals surface area contributed by atoms with Gasteiger partial charge in [-0.3, -0.25) is 4.90 Å². The van der Waals surface area contributed by atoms with Crippen LogP contribution in [0.3, 0.4) is 0 Å². The zero-order chi connectivity index (χ0) is 13.0. The number of ether oxygens (including phenoxy) is 2. The number of carbonyl (C=O) groups is 1. The minimum atomic E-state index is -0.281. The molecule has 2 rings (SSSR count). The van der Waals surface area contributed by atoms with Crippen molar-refractivity contribution in [2.45, 2.75) is 25.5 Å². The van der Waals surface area contributed by atoms with Crippen LogP contribution in [0, 0.1) is 5.41 Å². The molecule has 1 unspecified atom stereocenters. The molecule has 0 aromatic rings. The van der Waals surface area contributed by atoms with Crippen molar-refractivity contribution in [3.63, 3.8) is 0 Å². The van der Waals surface area contributed by atoms with Crippen LogP contribution >= 0.6 is 11.8 Å². The van der Waals surface area contributed by atoms with Gasteiger partial charge in [0.05, 0.1) is 0 Å². The van der Waals surface area contributed by atoms with Crippen LogP contribution < -0.4 is 0 Å². The van der Waals surface area contributed by atoms with E-state index in [0.717, 1.165) is 13.0 Å². The molecule has 5 heteroatoms. The molecule has 1 spiro atoms. The molecule has 0 N–H and O–H groups in total. The van der Waals surface area contributed by atoms with Crippen molar-refractivity contribution < 1.29 is 14.3 Å². The number of hydrogen-bond donors (Lipinski definition) is 0. The van der Waals surface area contributed by atoms with E-state index >= 15 is 0 Å². The molecule has 0 aromatic carbocycles. The van der Waals surface area contributed by atoms with E-state index in [1.165, 1.54) is 24.3 Å². The van der Waals surface area contributed by atoms with Crippen LogP contribution in [0.15, 0.2) is 12.7 Å². The van der Waals surface area contributed by atoms with Crippen LogP contribution in [0.2, 0.25) is 0 Å². The van der Waals surface area contributed by atoms with Crippen molar-refractivity contribution in [2.75, 3.05) is 31.8 Å². The lowest BCUT2D eigenvalue weighted by Gasteiger charge is -2.32. The van der Waals surface area contributed by atoms with E-state index in [-0.39, 0.29) is 24.3 Å². The van der Waals surface area contributed by atoms with Gasteiger partial charge in [-0.2, -0.15) is 11.8 Å². The van der Waals surface area contributed by atoms with Crippen molar-refractivity contribution >= 4 is 17.9 Å². The van der Waals surface area contributed by atoms with Crippen molar-refractivity contribution in [3.05, 3.63) is 12.7 Å². The Hall–Kier alpha value is -0.680.